The summed E-state index contributed by atoms with van der Waals surface area (Å²) >= 11 is 0. The highest BCUT2D eigenvalue weighted by Crippen LogP contribution is 2.37. The van der Waals surface area contributed by atoms with Crippen LogP contribution in [0.3, 0.4) is 0 Å². The predicted molar refractivity (Wildman–Crippen MR) is 607 cm³/mol. The number of methoxy groups -OCH3 is 2. The van der Waals surface area contributed by atoms with E-state index in [1.54, 1.807) is 18.2 Å². The number of benzene rings is 16. The van der Waals surface area contributed by atoms with Gasteiger partial charge in [0.25, 0.3) is 12.9 Å². The summed E-state index contributed by atoms with van der Waals surface area (Å²) < 4.78 is 42.7. The SMILES string of the molecule is COC(=O)c1cc(C)cc(C)c1.COC(=O)c1ccc(C)c(C)c1.Cc1cc(Oc2cc(C)c(C)c(C)c2)cc(C)c1C.Cc1ccc(C(=O)O)cc1C.Cc1ccc(C)c(C)c1.Cc1ccc(Cc2ccc(C)c(COC=O)c2)cc1C.Cc1ccc(Cc2ccc(C)c(OC=O)c2)cc1C.Cc1ccc(Oc2ccc(C(C)(C)c3ccc(Oc4ccc(C)cc4)cc3)cc2)cc1.Cc1ccc(Oc2ccc(C)cc2)cc1. The van der Waals surface area contributed by atoms with Gasteiger partial charge in [-0.1, -0.05) is 229 Å². The highest BCUT2D eigenvalue weighted by atomic mass is 16.5. The Hall–Kier alpha value is -15.9. The second-order valence-corrected chi connectivity index (χ2v) is 38.7. The molecule has 14 nitrogen and oxygen atoms in total. The molecule has 0 aromatic heterocycles. The van der Waals surface area contributed by atoms with Crippen molar-refractivity contribution in [3.05, 3.63) is 510 Å². The Labute approximate surface area is 880 Å². The van der Waals surface area contributed by atoms with Gasteiger partial charge in [-0.3, -0.25) is 9.59 Å². The van der Waals surface area contributed by atoms with Gasteiger partial charge in [-0.15, -0.1) is 0 Å². The maximum atomic E-state index is 11.1. The Balaban J connectivity index is 0.000000208. The second-order valence-electron chi connectivity index (χ2n) is 38.7. The van der Waals surface area contributed by atoms with Gasteiger partial charge in [-0.2, -0.15) is 0 Å². The van der Waals surface area contributed by atoms with Crippen molar-refractivity contribution in [3.8, 4) is 51.7 Å². The standard InChI is InChI=1S/C29H28O2.C18H20O2.C18H22O.C17H18O2.C14H14O.2C10H12O2.C9H10O2.C9H12/c1-21-5-13-25(14-6-21)30-27-17-9-23(10-18-27)29(3,4)24-11-19-28(20-12-24)31-26-15-7-22(2)8-16-26;1-13-4-6-16(8-15(13)3)9-17-7-5-14(2)18(10-17)11-20-12-19;1-11-7-17(8-12(2)15(11)5)19-18-9-13(3)16(6)14(4)10-18;1-12-4-6-15(8-14(12)3)9-16-7-5-13(2)17(10-16)19-11-18;1-11-3-7-13(8-4-11)15-14-9-5-12(2)6-10-14;1-7-4-8(2)6-9(5-7)10(11)12-3;1-7-4-5-9(6-8(7)2)10(11)12-3;1-6-3-4-8(9(10)11)5-7(6)2;1-7-4-5-8(2)9(3)6-7/h5-20H,1-4H3;4-8,10,12H,9,11H2,1-3H3;7-10H,1-6H3;4-8,10-11H,9H2,1-3H3;3-10H,1-2H3;2*4-6H,1-3H3;3-5H,1-2H3,(H,10,11);4-6H,1-3H3. The van der Waals surface area contributed by atoms with Crippen LogP contribution in [0.2, 0.25) is 0 Å². The summed E-state index contributed by atoms with van der Waals surface area (Å²) in [6.45, 7) is 57.5. The summed E-state index contributed by atoms with van der Waals surface area (Å²) in [5.41, 5.74) is 40.7. The summed E-state index contributed by atoms with van der Waals surface area (Å²) in [6.07, 6.45) is 1.74. The molecule has 0 aliphatic rings. The summed E-state index contributed by atoms with van der Waals surface area (Å²) in [4.78, 5) is 53.4. The summed E-state index contributed by atoms with van der Waals surface area (Å²) in [5.74, 6) is 6.18. The Morgan fingerprint density at radius 2 is 0.541 bits per heavy atom. The monoisotopic (exact) mass is 1980 g/mol. The number of carboxylic acid groups (broad SMARTS) is 1. The molecular formula is C134H148O14. The first-order valence-corrected chi connectivity index (χ1v) is 49.8. The zero-order chi connectivity index (χ0) is 109. The van der Waals surface area contributed by atoms with E-state index in [9.17, 15) is 24.0 Å². The van der Waals surface area contributed by atoms with Crippen LogP contribution in [0, 0.1) is 173 Å². The molecule has 0 heterocycles. The van der Waals surface area contributed by atoms with E-state index in [-0.39, 0.29) is 17.4 Å². The molecule has 0 fully saturated rings. The average Bonchev–Trinajstić information content (AvgIpc) is 0.797. The fourth-order valence-corrected chi connectivity index (χ4v) is 15.4. The molecular weight excluding hydrogens is 1830 g/mol. The van der Waals surface area contributed by atoms with E-state index in [2.05, 4.69) is 293 Å². The molecule has 768 valence electrons. The Bertz CT molecular complexity index is 6830. The number of carbonyl (C=O) groups is 5. The Kier molecular flexibility index (Phi) is 45.7. The first-order chi connectivity index (χ1) is 70.3. The molecule has 16 aromatic rings. The van der Waals surface area contributed by atoms with Crippen molar-refractivity contribution in [2.45, 2.75) is 212 Å². The predicted octanol–water partition coefficient (Wildman–Crippen LogP) is 34.0. The van der Waals surface area contributed by atoms with Crippen LogP contribution in [-0.2, 0) is 48.7 Å². The minimum Gasteiger partial charge on any atom is -0.478 e. The maximum absolute atomic E-state index is 11.1. The lowest BCUT2D eigenvalue weighted by Crippen LogP contribution is -2.18. The van der Waals surface area contributed by atoms with E-state index < -0.39 is 5.97 Å². The number of aryl methyl sites for hydroxylation is 23. The number of hydrogen-bond acceptors (Lipinski definition) is 13. The van der Waals surface area contributed by atoms with Gasteiger partial charge >= 0.3 is 17.9 Å². The maximum Gasteiger partial charge on any atom is 0.337 e. The topological polar surface area (TPSA) is 179 Å². The van der Waals surface area contributed by atoms with Gasteiger partial charge in [0.15, 0.2) is 0 Å². The zero-order valence-electron chi connectivity index (χ0n) is 92.1. The first-order valence-electron chi connectivity index (χ1n) is 49.8. The third kappa shape index (κ3) is 38.2. The summed E-state index contributed by atoms with van der Waals surface area (Å²) in [6, 6.07) is 106. The second kappa shape index (κ2) is 57.7. The third-order valence-electron chi connectivity index (χ3n) is 26.1. The fraction of sp³-hybridized carbons (Fsp3) is 0.246. The van der Waals surface area contributed by atoms with E-state index in [4.69, 9.17) is 33.5 Å². The lowest BCUT2D eigenvalue weighted by Gasteiger charge is -2.26. The molecule has 1 N–H and O–H groups in total. The van der Waals surface area contributed by atoms with Gasteiger partial charge in [0.2, 0.25) is 0 Å². The quantitative estimate of drug-likeness (QED) is 0.0385. The summed E-state index contributed by atoms with van der Waals surface area (Å²) in [5, 5.41) is 8.60. The Morgan fingerprint density at radius 3 is 0.872 bits per heavy atom. The van der Waals surface area contributed by atoms with Crippen LogP contribution in [-0.4, -0.2) is 50.2 Å². The minimum atomic E-state index is -0.867. The molecule has 0 aliphatic heterocycles. The highest BCUT2D eigenvalue weighted by molar-refractivity contribution is 5.90. The van der Waals surface area contributed by atoms with Gasteiger partial charge in [0.1, 0.15) is 58.4 Å². The number of esters is 2. The van der Waals surface area contributed by atoms with E-state index in [1.807, 2.05) is 201 Å². The molecule has 0 unspecified atom stereocenters. The zero-order valence-corrected chi connectivity index (χ0v) is 92.1. The smallest absolute Gasteiger partial charge is 0.337 e. The molecule has 16 rings (SSSR count). The molecule has 14 heteroatoms. The molecule has 0 radical (unpaired) electrons. The summed E-state index contributed by atoms with van der Waals surface area (Å²) in [7, 11) is 2.78. The lowest BCUT2D eigenvalue weighted by atomic mass is 9.78. The van der Waals surface area contributed by atoms with Crippen molar-refractivity contribution in [2.75, 3.05) is 14.2 Å². The molecule has 16 aromatic carbocycles. The molecule has 0 spiro atoms. The lowest BCUT2D eigenvalue weighted by molar-refractivity contribution is -0.129. The van der Waals surface area contributed by atoms with Crippen molar-refractivity contribution in [2.24, 2.45) is 0 Å². The normalized spacial score (nSPS) is 10.3. The average molecular weight is 1980 g/mol. The number of aromatic carboxylic acids is 1. The van der Waals surface area contributed by atoms with Gasteiger partial charge in [-0.25, -0.2) is 14.4 Å². The van der Waals surface area contributed by atoms with E-state index >= 15 is 0 Å². The van der Waals surface area contributed by atoms with Crippen LogP contribution in [0.15, 0.2) is 315 Å². The molecule has 0 saturated heterocycles. The van der Waals surface area contributed by atoms with Gasteiger partial charge < -0.3 is 43.0 Å². The van der Waals surface area contributed by atoms with Gasteiger partial charge in [0, 0.05) is 5.41 Å². The number of carboxylic acids is 1. The van der Waals surface area contributed by atoms with Crippen molar-refractivity contribution in [1.82, 2.24) is 0 Å². The molecule has 0 bridgehead atoms. The van der Waals surface area contributed by atoms with Gasteiger partial charge in [-0.05, 0) is 465 Å². The third-order valence-corrected chi connectivity index (χ3v) is 26.1. The number of carbonyl (C=O) groups excluding carboxylic acids is 4. The van der Waals surface area contributed by atoms with Crippen molar-refractivity contribution < 1.29 is 67.0 Å². The fourth-order valence-electron chi connectivity index (χ4n) is 15.4. The van der Waals surface area contributed by atoms with E-state index in [0.29, 0.717) is 42.0 Å². The first kappa shape index (κ1) is 117. The van der Waals surface area contributed by atoms with Crippen molar-refractivity contribution in [3.63, 3.8) is 0 Å². The molecule has 0 amide bonds. The van der Waals surface area contributed by atoms with Crippen molar-refractivity contribution in [1.29, 1.82) is 0 Å². The van der Waals surface area contributed by atoms with Crippen LogP contribution in [0.1, 0.15) is 223 Å². The molecule has 148 heavy (non-hydrogen) atoms. The van der Waals surface area contributed by atoms with Crippen LogP contribution in [0.5, 0.6) is 51.7 Å². The van der Waals surface area contributed by atoms with Crippen LogP contribution in [0.25, 0.3) is 0 Å². The Morgan fingerprint density at radius 1 is 0.250 bits per heavy atom. The number of hydrogen-bond donors (Lipinski definition) is 1. The van der Waals surface area contributed by atoms with E-state index in [0.717, 1.165) is 109 Å². The highest BCUT2D eigenvalue weighted by Gasteiger charge is 2.24. The van der Waals surface area contributed by atoms with Crippen LogP contribution < -0.4 is 23.7 Å². The van der Waals surface area contributed by atoms with Crippen LogP contribution >= 0.6 is 0 Å². The minimum absolute atomic E-state index is 0.134. The molecule has 0 aliphatic carbocycles. The van der Waals surface area contributed by atoms with Gasteiger partial charge in [0.05, 0.1) is 30.9 Å². The van der Waals surface area contributed by atoms with Crippen LogP contribution in [0.4, 0.5) is 0 Å². The van der Waals surface area contributed by atoms with E-state index in [1.165, 1.54) is 142 Å². The molecule has 0 saturated carbocycles. The van der Waals surface area contributed by atoms with Crippen molar-refractivity contribution >= 4 is 30.9 Å². The molecule has 0 atom stereocenters. The number of rotatable bonds is 22. The number of ether oxygens (including phenoxy) is 8. The largest absolute Gasteiger partial charge is 0.478 e.